The maximum Gasteiger partial charge on any atom is 0.300 e. The van der Waals surface area contributed by atoms with Crippen LogP contribution in [0.3, 0.4) is 0 Å². The lowest BCUT2D eigenvalue weighted by Gasteiger charge is -2.36. The van der Waals surface area contributed by atoms with Crippen molar-refractivity contribution in [2.75, 3.05) is 6.61 Å². The second-order valence-corrected chi connectivity index (χ2v) is 6.66. The lowest BCUT2D eigenvalue weighted by atomic mass is 9.96. The Labute approximate surface area is 137 Å². The van der Waals surface area contributed by atoms with E-state index in [0.29, 0.717) is 11.6 Å². The van der Waals surface area contributed by atoms with E-state index in [-0.39, 0.29) is 0 Å². The molecule has 3 aromatic rings. The van der Waals surface area contributed by atoms with Gasteiger partial charge in [0.1, 0.15) is 12.7 Å². The van der Waals surface area contributed by atoms with Gasteiger partial charge in [0.2, 0.25) is 0 Å². The quantitative estimate of drug-likeness (QED) is 0.695. The molecule has 2 fully saturated rings. The molecule has 2 heterocycles. The third-order valence-corrected chi connectivity index (χ3v) is 4.89. The highest BCUT2D eigenvalue weighted by Crippen LogP contribution is 2.43. The van der Waals surface area contributed by atoms with Gasteiger partial charge in [0.15, 0.2) is 0 Å². The lowest BCUT2D eigenvalue weighted by Crippen LogP contribution is -2.44. The molecule has 0 N–H and O–H groups in total. The van der Waals surface area contributed by atoms with Crippen LogP contribution in [0.15, 0.2) is 48.8 Å². The summed E-state index contributed by atoms with van der Waals surface area (Å²) < 4.78 is 34.1. The van der Waals surface area contributed by atoms with E-state index in [4.69, 9.17) is 4.74 Å². The average Bonchev–Trinajstić information content (AvgIpc) is 3.34. The Kier molecular flexibility index (Phi) is 2.86. The minimum atomic E-state index is -2.75. The Balaban J connectivity index is 1.46. The van der Waals surface area contributed by atoms with Gasteiger partial charge in [-0.3, -0.25) is 0 Å². The smallest absolute Gasteiger partial charge is 0.300 e. The molecule has 2 aliphatic rings. The number of imidazole rings is 1. The zero-order valence-corrected chi connectivity index (χ0v) is 13.0. The number of rotatable bonds is 3. The van der Waals surface area contributed by atoms with Gasteiger partial charge in [-0.25, -0.2) is 13.8 Å². The fourth-order valence-corrected chi connectivity index (χ4v) is 3.34. The molecule has 0 bridgehead atoms. The van der Waals surface area contributed by atoms with Gasteiger partial charge in [-0.15, -0.1) is 0 Å². The topological polar surface area (TPSA) is 27.1 Å². The van der Waals surface area contributed by atoms with Crippen LogP contribution in [0, 0.1) is 0 Å². The number of hydrogen-bond donors (Lipinski definition) is 0. The van der Waals surface area contributed by atoms with Crippen molar-refractivity contribution in [1.82, 2.24) is 9.55 Å². The number of hydrogen-bond acceptors (Lipinski definition) is 2. The molecule has 1 aromatic heterocycles. The van der Waals surface area contributed by atoms with E-state index in [1.54, 1.807) is 12.1 Å². The van der Waals surface area contributed by atoms with Crippen molar-refractivity contribution < 1.29 is 13.5 Å². The van der Waals surface area contributed by atoms with Crippen LogP contribution in [0.25, 0.3) is 22.2 Å². The molecule has 5 rings (SSSR count). The minimum Gasteiger partial charge on any atom is -0.361 e. The summed E-state index contributed by atoms with van der Waals surface area (Å²) in [5.74, 6) is -2.75. The van der Waals surface area contributed by atoms with E-state index in [9.17, 15) is 8.78 Å². The monoisotopic (exact) mass is 326 g/mol. The predicted molar refractivity (Wildman–Crippen MR) is 87.1 cm³/mol. The Morgan fingerprint density at radius 3 is 2.42 bits per heavy atom. The molecule has 1 saturated heterocycles. The molecule has 24 heavy (non-hydrogen) atoms. The van der Waals surface area contributed by atoms with Crippen molar-refractivity contribution in [3.63, 3.8) is 0 Å². The molecule has 1 aliphatic carbocycles. The Morgan fingerprint density at radius 1 is 1.04 bits per heavy atom. The summed E-state index contributed by atoms with van der Waals surface area (Å²) in [4.78, 5) is 4.50. The first-order chi connectivity index (χ1) is 11.6. The number of ether oxygens (including phenoxy) is 1. The van der Waals surface area contributed by atoms with Gasteiger partial charge in [0, 0.05) is 6.04 Å². The van der Waals surface area contributed by atoms with E-state index in [0.717, 1.165) is 22.2 Å². The van der Waals surface area contributed by atoms with E-state index < -0.39 is 18.6 Å². The standard InChI is InChI=1S/C19H16F2N2O/c20-19(21)10-24-18(19)13-3-1-12(2-4-13)14-5-8-17-16(9-14)22-11-23(17)15-6-7-15/h1-5,8-9,11,15,18H,6-7,10H2. The highest BCUT2D eigenvalue weighted by molar-refractivity contribution is 5.82. The summed E-state index contributed by atoms with van der Waals surface area (Å²) in [6, 6.07) is 14.0. The predicted octanol–water partition coefficient (Wildman–Crippen LogP) is 4.74. The number of benzene rings is 2. The van der Waals surface area contributed by atoms with Gasteiger partial charge in [-0.1, -0.05) is 30.3 Å². The number of alkyl halides is 2. The molecular weight excluding hydrogens is 310 g/mol. The molecule has 122 valence electrons. The first-order valence-corrected chi connectivity index (χ1v) is 8.18. The van der Waals surface area contributed by atoms with Gasteiger partial charge in [0.05, 0.1) is 17.4 Å². The second kappa shape index (κ2) is 4.86. The Hall–Kier alpha value is -2.27. The summed E-state index contributed by atoms with van der Waals surface area (Å²) in [6.45, 7) is -0.486. The Bertz CT molecular complexity index is 913. The van der Waals surface area contributed by atoms with E-state index in [1.807, 2.05) is 18.5 Å². The van der Waals surface area contributed by atoms with Crippen LogP contribution in [-0.2, 0) is 4.74 Å². The second-order valence-electron chi connectivity index (χ2n) is 6.66. The van der Waals surface area contributed by atoms with Gasteiger partial charge in [-0.05, 0) is 41.7 Å². The van der Waals surface area contributed by atoms with Crippen LogP contribution in [0.1, 0.15) is 30.6 Å². The molecular formula is C19H16F2N2O. The van der Waals surface area contributed by atoms with Crippen LogP contribution in [0.2, 0.25) is 0 Å². The number of aromatic nitrogens is 2. The summed E-state index contributed by atoms with van der Waals surface area (Å²) in [5, 5.41) is 0. The van der Waals surface area contributed by atoms with Gasteiger partial charge >= 0.3 is 5.92 Å². The first kappa shape index (κ1) is 14.1. The SMILES string of the molecule is FC1(F)COC1c1ccc(-c2ccc3c(c2)ncn3C2CC2)cc1. The van der Waals surface area contributed by atoms with Crippen molar-refractivity contribution in [1.29, 1.82) is 0 Å². The Morgan fingerprint density at radius 2 is 1.79 bits per heavy atom. The summed E-state index contributed by atoms with van der Waals surface area (Å²) in [5.41, 5.74) is 4.67. The van der Waals surface area contributed by atoms with Crippen LogP contribution >= 0.6 is 0 Å². The van der Waals surface area contributed by atoms with Gasteiger partial charge in [0.25, 0.3) is 0 Å². The van der Waals surface area contributed by atoms with E-state index in [2.05, 4.69) is 27.8 Å². The van der Waals surface area contributed by atoms with E-state index in [1.165, 1.54) is 12.8 Å². The molecule has 1 unspecified atom stereocenters. The molecule has 3 nitrogen and oxygen atoms in total. The maximum atomic E-state index is 13.4. The van der Waals surface area contributed by atoms with Crippen molar-refractivity contribution in [3.8, 4) is 11.1 Å². The largest absolute Gasteiger partial charge is 0.361 e. The van der Waals surface area contributed by atoms with Crippen LogP contribution in [0.4, 0.5) is 8.78 Å². The third-order valence-electron chi connectivity index (χ3n) is 4.89. The zero-order valence-electron chi connectivity index (χ0n) is 13.0. The normalized spacial score (nSPS) is 22.5. The molecule has 0 amide bonds. The van der Waals surface area contributed by atoms with E-state index >= 15 is 0 Å². The summed E-state index contributed by atoms with van der Waals surface area (Å²) in [7, 11) is 0. The average molecular weight is 326 g/mol. The third kappa shape index (κ3) is 2.15. The molecule has 0 radical (unpaired) electrons. The molecule has 1 saturated carbocycles. The number of fused-ring (bicyclic) bond motifs is 1. The molecule has 1 atom stereocenters. The first-order valence-electron chi connectivity index (χ1n) is 8.18. The van der Waals surface area contributed by atoms with Crippen LogP contribution in [-0.4, -0.2) is 22.1 Å². The highest BCUT2D eigenvalue weighted by Gasteiger charge is 2.50. The fourth-order valence-electron chi connectivity index (χ4n) is 3.34. The van der Waals surface area contributed by atoms with Gasteiger partial charge < -0.3 is 9.30 Å². The van der Waals surface area contributed by atoms with Gasteiger partial charge in [-0.2, -0.15) is 0 Å². The van der Waals surface area contributed by atoms with Crippen molar-refractivity contribution in [2.24, 2.45) is 0 Å². The minimum absolute atomic E-state index is 0.486. The number of halogens is 2. The maximum absolute atomic E-state index is 13.4. The molecule has 0 spiro atoms. The lowest BCUT2D eigenvalue weighted by molar-refractivity contribution is -0.268. The summed E-state index contributed by atoms with van der Waals surface area (Å²) in [6.07, 6.45) is 3.25. The van der Waals surface area contributed by atoms with Crippen molar-refractivity contribution in [2.45, 2.75) is 30.9 Å². The summed E-state index contributed by atoms with van der Waals surface area (Å²) >= 11 is 0. The molecule has 1 aliphatic heterocycles. The zero-order chi connectivity index (χ0) is 16.3. The fraction of sp³-hybridized carbons (Fsp3) is 0.316. The molecule has 5 heteroatoms. The van der Waals surface area contributed by atoms with Crippen LogP contribution in [0.5, 0.6) is 0 Å². The number of nitrogens with zero attached hydrogens (tertiary/aromatic N) is 2. The van der Waals surface area contributed by atoms with Crippen LogP contribution < -0.4 is 0 Å². The molecule has 2 aromatic carbocycles. The highest BCUT2D eigenvalue weighted by atomic mass is 19.3. The van der Waals surface area contributed by atoms with Crippen molar-refractivity contribution in [3.05, 3.63) is 54.4 Å². The van der Waals surface area contributed by atoms with Crippen molar-refractivity contribution >= 4 is 11.0 Å².